The van der Waals surface area contributed by atoms with Gasteiger partial charge in [-0.15, -0.1) is 0 Å². The van der Waals surface area contributed by atoms with E-state index in [1.165, 1.54) is 0 Å². The molecule has 1 aliphatic rings. The van der Waals surface area contributed by atoms with Crippen LogP contribution in [0.15, 0.2) is 59.6 Å². The van der Waals surface area contributed by atoms with Crippen molar-refractivity contribution in [2.75, 3.05) is 25.0 Å². The second kappa shape index (κ2) is 10.7. The highest BCUT2D eigenvalue weighted by Crippen LogP contribution is 2.20. The predicted octanol–water partition coefficient (Wildman–Crippen LogP) is 4.14. The van der Waals surface area contributed by atoms with Crippen LogP contribution in [-0.4, -0.2) is 47.5 Å². The molecule has 2 N–H and O–H groups in total. The van der Waals surface area contributed by atoms with Crippen molar-refractivity contribution in [1.82, 2.24) is 15.1 Å². The van der Waals surface area contributed by atoms with Crippen LogP contribution in [0.4, 0.5) is 10.5 Å². The number of hydrogen-bond acceptors (Lipinski definition) is 3. The third kappa shape index (κ3) is 6.12. The summed E-state index contributed by atoms with van der Waals surface area (Å²) >= 11 is 5.92. The molecule has 2 amide bonds. The Bertz CT molecular complexity index is 939. The van der Waals surface area contributed by atoms with E-state index in [-0.39, 0.29) is 18.0 Å². The fourth-order valence-electron chi connectivity index (χ4n) is 3.57. The molecule has 7 nitrogen and oxygen atoms in total. The number of nitrogens with zero attached hydrogens (tertiary/aromatic N) is 4. The molecule has 1 heterocycles. The van der Waals surface area contributed by atoms with Gasteiger partial charge in [0, 0.05) is 30.3 Å². The number of guanidine groups is 1. The van der Waals surface area contributed by atoms with Crippen LogP contribution < -0.4 is 10.6 Å². The SMILES string of the molecule is CC(C)C1CN(C(=O)Nc2ccc(Cl)cc2)CCN1C(=NCc1ccccc1)NC#N. The van der Waals surface area contributed by atoms with Gasteiger partial charge in [0.25, 0.3) is 0 Å². The molecule has 2 aromatic rings. The first kappa shape index (κ1) is 22.4. The van der Waals surface area contributed by atoms with Crippen molar-refractivity contribution in [2.45, 2.75) is 26.4 Å². The van der Waals surface area contributed by atoms with Crippen LogP contribution in [0.25, 0.3) is 0 Å². The smallest absolute Gasteiger partial charge is 0.321 e. The Hall–Kier alpha value is -3.24. The first-order chi connectivity index (χ1) is 15.0. The number of benzene rings is 2. The second-order valence-electron chi connectivity index (χ2n) is 7.75. The molecule has 0 spiro atoms. The van der Waals surface area contributed by atoms with Gasteiger partial charge in [0.2, 0.25) is 5.96 Å². The normalized spacial score (nSPS) is 16.7. The molecule has 31 heavy (non-hydrogen) atoms. The van der Waals surface area contributed by atoms with Gasteiger partial charge in [-0.3, -0.25) is 5.32 Å². The van der Waals surface area contributed by atoms with Gasteiger partial charge in [0.05, 0.1) is 12.6 Å². The Labute approximate surface area is 188 Å². The zero-order valence-corrected chi connectivity index (χ0v) is 18.5. The van der Waals surface area contributed by atoms with E-state index in [4.69, 9.17) is 11.6 Å². The molecule has 8 heteroatoms. The lowest BCUT2D eigenvalue weighted by molar-refractivity contribution is 0.118. The van der Waals surface area contributed by atoms with Crippen molar-refractivity contribution in [1.29, 1.82) is 5.26 Å². The number of halogens is 1. The minimum atomic E-state index is -0.149. The summed E-state index contributed by atoms with van der Waals surface area (Å²) in [4.78, 5) is 21.4. The van der Waals surface area contributed by atoms with Gasteiger partial charge in [0.15, 0.2) is 6.19 Å². The lowest BCUT2D eigenvalue weighted by Gasteiger charge is -2.44. The van der Waals surface area contributed by atoms with Gasteiger partial charge >= 0.3 is 6.03 Å². The summed E-state index contributed by atoms with van der Waals surface area (Å²) < 4.78 is 0. The number of carbonyl (C=O) groups excluding carboxylic acids is 1. The molecule has 1 saturated heterocycles. The minimum absolute atomic E-state index is 0.0279. The zero-order chi connectivity index (χ0) is 22.2. The summed E-state index contributed by atoms with van der Waals surface area (Å²) in [5.74, 6) is 0.802. The van der Waals surface area contributed by atoms with E-state index in [0.29, 0.717) is 42.8 Å². The molecule has 0 saturated carbocycles. The maximum atomic E-state index is 12.8. The maximum Gasteiger partial charge on any atom is 0.321 e. The summed E-state index contributed by atoms with van der Waals surface area (Å²) in [6.07, 6.45) is 2.01. The molecule has 0 radical (unpaired) electrons. The van der Waals surface area contributed by atoms with Crippen molar-refractivity contribution in [2.24, 2.45) is 10.9 Å². The summed E-state index contributed by atoms with van der Waals surface area (Å²) in [7, 11) is 0. The van der Waals surface area contributed by atoms with Crippen molar-refractivity contribution in [3.05, 3.63) is 65.2 Å². The van der Waals surface area contributed by atoms with Gasteiger partial charge in [-0.05, 0) is 35.7 Å². The van der Waals surface area contributed by atoms with Crippen LogP contribution in [0.5, 0.6) is 0 Å². The van der Waals surface area contributed by atoms with Crippen LogP contribution >= 0.6 is 11.6 Å². The molecular formula is C23H27ClN6O. The van der Waals surface area contributed by atoms with Crippen LogP contribution in [0, 0.1) is 17.4 Å². The molecule has 1 aliphatic heterocycles. The highest BCUT2D eigenvalue weighted by atomic mass is 35.5. The monoisotopic (exact) mass is 438 g/mol. The topological polar surface area (TPSA) is 83.8 Å². The third-order valence-corrected chi connectivity index (χ3v) is 5.52. The first-order valence-electron chi connectivity index (χ1n) is 10.3. The molecule has 0 aliphatic carbocycles. The van der Waals surface area contributed by atoms with E-state index in [9.17, 15) is 10.1 Å². The molecule has 1 unspecified atom stereocenters. The second-order valence-corrected chi connectivity index (χ2v) is 8.19. The van der Waals surface area contributed by atoms with Crippen molar-refractivity contribution < 1.29 is 4.79 Å². The molecule has 162 valence electrons. The summed E-state index contributed by atoms with van der Waals surface area (Å²) in [5.41, 5.74) is 1.77. The minimum Gasteiger partial charge on any atom is -0.335 e. The quantitative estimate of drug-likeness (QED) is 0.325. The largest absolute Gasteiger partial charge is 0.335 e. The molecule has 1 fully saturated rings. The molecule has 0 bridgehead atoms. The highest BCUT2D eigenvalue weighted by molar-refractivity contribution is 6.30. The van der Waals surface area contributed by atoms with Crippen LogP contribution in [0.1, 0.15) is 19.4 Å². The Morgan fingerprint density at radius 1 is 1.19 bits per heavy atom. The van der Waals surface area contributed by atoms with Crippen LogP contribution in [0.2, 0.25) is 5.02 Å². The Balaban J connectivity index is 1.71. The van der Waals surface area contributed by atoms with Gasteiger partial charge in [0.1, 0.15) is 0 Å². The number of hydrogen-bond donors (Lipinski definition) is 2. The molecular weight excluding hydrogens is 412 g/mol. The number of carbonyl (C=O) groups is 1. The van der Waals surface area contributed by atoms with Crippen molar-refractivity contribution in [3.63, 3.8) is 0 Å². The number of rotatable bonds is 4. The Morgan fingerprint density at radius 2 is 1.90 bits per heavy atom. The lowest BCUT2D eigenvalue weighted by Crippen LogP contribution is -2.60. The van der Waals surface area contributed by atoms with E-state index in [1.807, 2.05) is 36.5 Å². The third-order valence-electron chi connectivity index (χ3n) is 5.26. The summed E-state index contributed by atoms with van der Waals surface area (Å²) in [6, 6.07) is 16.8. The number of anilines is 1. The molecule has 1 atom stereocenters. The number of aliphatic imine (C=N–C) groups is 1. The van der Waals surface area contributed by atoms with Gasteiger partial charge in [-0.1, -0.05) is 55.8 Å². The van der Waals surface area contributed by atoms with E-state index >= 15 is 0 Å². The first-order valence-corrected chi connectivity index (χ1v) is 10.7. The van der Waals surface area contributed by atoms with Gasteiger partial charge < -0.3 is 15.1 Å². The van der Waals surface area contributed by atoms with Gasteiger partial charge in [-0.25, -0.2) is 9.79 Å². The Kier molecular flexibility index (Phi) is 7.74. The zero-order valence-electron chi connectivity index (χ0n) is 17.8. The van der Waals surface area contributed by atoms with Crippen molar-refractivity contribution >= 4 is 29.3 Å². The van der Waals surface area contributed by atoms with Crippen molar-refractivity contribution in [3.8, 4) is 6.19 Å². The van der Waals surface area contributed by atoms with E-state index in [0.717, 1.165) is 5.56 Å². The number of nitriles is 1. The molecule has 0 aromatic heterocycles. The molecule has 3 rings (SSSR count). The number of amides is 2. The lowest BCUT2D eigenvalue weighted by atomic mass is 10.00. The van der Waals surface area contributed by atoms with E-state index < -0.39 is 0 Å². The standard InChI is InChI=1S/C23H27ClN6O/c1-17(2)21-15-29(23(31)28-20-10-8-19(24)9-11-20)12-13-30(21)22(27-16-25)26-14-18-6-4-3-5-7-18/h3-11,17,21H,12-15H2,1-2H3,(H,26,27)(H,28,31). The molecule has 2 aromatic carbocycles. The summed E-state index contributed by atoms with van der Waals surface area (Å²) in [5, 5.41) is 15.6. The summed E-state index contributed by atoms with van der Waals surface area (Å²) in [6.45, 7) is 6.35. The average molecular weight is 439 g/mol. The number of nitrogens with one attached hydrogen (secondary N) is 2. The Morgan fingerprint density at radius 3 is 2.55 bits per heavy atom. The number of piperazine rings is 1. The average Bonchev–Trinajstić information content (AvgIpc) is 2.78. The highest BCUT2D eigenvalue weighted by Gasteiger charge is 2.33. The fraction of sp³-hybridized carbons (Fsp3) is 0.348. The predicted molar refractivity (Wildman–Crippen MR) is 124 cm³/mol. The van der Waals surface area contributed by atoms with Gasteiger partial charge in [-0.2, -0.15) is 5.26 Å². The van der Waals surface area contributed by atoms with Crippen LogP contribution in [0.3, 0.4) is 0 Å². The number of urea groups is 1. The van der Waals surface area contributed by atoms with E-state index in [1.54, 1.807) is 29.2 Å². The van der Waals surface area contributed by atoms with Crippen LogP contribution in [-0.2, 0) is 6.54 Å². The van der Waals surface area contributed by atoms with E-state index in [2.05, 4.69) is 34.4 Å². The fourth-order valence-corrected chi connectivity index (χ4v) is 3.69. The maximum absolute atomic E-state index is 12.8.